The maximum atomic E-state index is 12.8. The summed E-state index contributed by atoms with van der Waals surface area (Å²) in [7, 11) is 1.70. The molecule has 1 N–H and O–H groups in total. The third-order valence-electron chi connectivity index (χ3n) is 3.81. The number of hydrogen-bond acceptors (Lipinski definition) is 3. The van der Waals surface area contributed by atoms with Crippen molar-refractivity contribution in [1.29, 1.82) is 0 Å². The van der Waals surface area contributed by atoms with E-state index in [1.807, 2.05) is 42.5 Å². The second-order valence-corrected chi connectivity index (χ2v) is 7.72. The van der Waals surface area contributed by atoms with E-state index in [9.17, 15) is 9.59 Å². The highest BCUT2D eigenvalue weighted by molar-refractivity contribution is 9.10. The Kier molecular flexibility index (Phi) is 4.21. The summed E-state index contributed by atoms with van der Waals surface area (Å²) in [6, 6.07) is 14.9. The number of amides is 2. The van der Waals surface area contributed by atoms with E-state index in [0.29, 0.717) is 5.69 Å². The molecule has 23 heavy (non-hydrogen) atoms. The van der Waals surface area contributed by atoms with Gasteiger partial charge < -0.3 is 10.2 Å². The largest absolute Gasteiger partial charge is 0.323 e. The van der Waals surface area contributed by atoms with Gasteiger partial charge in [-0.1, -0.05) is 36.0 Å². The second-order valence-electron chi connectivity index (χ2n) is 5.40. The van der Waals surface area contributed by atoms with Crippen LogP contribution in [0.4, 0.5) is 11.4 Å². The maximum Gasteiger partial charge on any atom is 0.252 e. The van der Waals surface area contributed by atoms with Crippen LogP contribution in [0.1, 0.15) is 6.92 Å². The lowest BCUT2D eigenvalue weighted by atomic mass is 10.1. The molecule has 2 aromatic carbocycles. The molecule has 2 amide bonds. The van der Waals surface area contributed by atoms with Crippen LogP contribution in [0.25, 0.3) is 0 Å². The highest BCUT2D eigenvalue weighted by Gasteiger charge is 2.48. The van der Waals surface area contributed by atoms with E-state index in [0.717, 1.165) is 15.1 Å². The summed E-state index contributed by atoms with van der Waals surface area (Å²) in [4.78, 5) is 28.0. The lowest BCUT2D eigenvalue weighted by molar-refractivity contribution is -0.128. The van der Waals surface area contributed by atoms with Crippen LogP contribution in [0.3, 0.4) is 0 Å². The summed E-state index contributed by atoms with van der Waals surface area (Å²) in [6.45, 7) is 1.67. The van der Waals surface area contributed by atoms with Crippen molar-refractivity contribution in [3.8, 4) is 0 Å². The maximum absolute atomic E-state index is 12.8. The Morgan fingerprint density at radius 2 is 1.83 bits per heavy atom. The standard InChI is InChI=1S/C17H15BrN2O2S/c1-17(15(21)19-12-8-4-3-7-11(12)18)16(22)20(2)13-9-5-6-10-14(13)23-17/h3-10H,1-2H3,(H,19,21). The lowest BCUT2D eigenvalue weighted by Crippen LogP contribution is -2.53. The number of fused-ring (bicyclic) bond motifs is 1. The number of carbonyl (C=O) groups is 2. The van der Waals surface area contributed by atoms with Crippen LogP contribution < -0.4 is 10.2 Å². The average molecular weight is 391 g/mol. The molecule has 1 unspecified atom stereocenters. The summed E-state index contributed by atoms with van der Waals surface area (Å²) in [6.07, 6.45) is 0. The highest BCUT2D eigenvalue weighted by atomic mass is 79.9. The number of hydrogen-bond donors (Lipinski definition) is 1. The van der Waals surface area contributed by atoms with Crippen molar-refractivity contribution in [3.05, 3.63) is 53.0 Å². The van der Waals surface area contributed by atoms with Gasteiger partial charge in [0.25, 0.3) is 5.91 Å². The topological polar surface area (TPSA) is 49.4 Å². The molecule has 1 aliphatic rings. The molecule has 6 heteroatoms. The minimum absolute atomic E-state index is 0.231. The van der Waals surface area contributed by atoms with Crippen LogP contribution in [0, 0.1) is 0 Å². The molecule has 118 valence electrons. The molecule has 2 aromatic rings. The van der Waals surface area contributed by atoms with Gasteiger partial charge in [-0.15, -0.1) is 0 Å². The summed E-state index contributed by atoms with van der Waals surface area (Å²) in [5.41, 5.74) is 1.47. The molecule has 3 rings (SSSR count). The summed E-state index contributed by atoms with van der Waals surface area (Å²) in [5, 5.41) is 2.85. The molecule has 0 aromatic heterocycles. The first-order chi connectivity index (χ1) is 10.9. The fraction of sp³-hybridized carbons (Fsp3) is 0.176. The van der Waals surface area contributed by atoms with Gasteiger partial charge in [0.05, 0.1) is 11.4 Å². The van der Waals surface area contributed by atoms with Gasteiger partial charge in [-0.3, -0.25) is 9.59 Å². The van der Waals surface area contributed by atoms with E-state index in [2.05, 4.69) is 21.2 Å². The van der Waals surface area contributed by atoms with Gasteiger partial charge in [-0.05, 0) is 47.1 Å². The zero-order valence-corrected chi connectivity index (χ0v) is 15.1. The average Bonchev–Trinajstić information content (AvgIpc) is 2.55. The molecule has 0 bridgehead atoms. The first-order valence-electron chi connectivity index (χ1n) is 7.05. The Balaban J connectivity index is 1.94. The third-order valence-corrected chi connectivity index (χ3v) is 5.83. The van der Waals surface area contributed by atoms with Crippen molar-refractivity contribution in [1.82, 2.24) is 0 Å². The smallest absolute Gasteiger partial charge is 0.252 e. The number of benzene rings is 2. The van der Waals surface area contributed by atoms with Crippen LogP contribution in [0.5, 0.6) is 0 Å². The Labute approximate surface area is 147 Å². The Morgan fingerprint density at radius 3 is 2.57 bits per heavy atom. The fourth-order valence-electron chi connectivity index (χ4n) is 2.46. The van der Waals surface area contributed by atoms with Crippen LogP contribution in [-0.2, 0) is 9.59 Å². The van der Waals surface area contributed by atoms with Crippen molar-refractivity contribution in [2.45, 2.75) is 16.6 Å². The normalized spacial score (nSPS) is 20.1. The molecule has 1 heterocycles. The van der Waals surface area contributed by atoms with Crippen LogP contribution >= 0.6 is 27.7 Å². The number of thioether (sulfide) groups is 1. The van der Waals surface area contributed by atoms with Gasteiger partial charge in [0.15, 0.2) is 4.75 Å². The quantitative estimate of drug-likeness (QED) is 0.790. The number of halogens is 1. The van der Waals surface area contributed by atoms with Crippen molar-refractivity contribution >= 4 is 50.9 Å². The van der Waals surface area contributed by atoms with Crippen molar-refractivity contribution in [2.24, 2.45) is 0 Å². The first kappa shape index (κ1) is 16.1. The number of nitrogens with zero attached hydrogens (tertiary/aromatic N) is 1. The van der Waals surface area contributed by atoms with Crippen molar-refractivity contribution in [3.63, 3.8) is 0 Å². The van der Waals surface area contributed by atoms with Gasteiger partial charge in [-0.2, -0.15) is 0 Å². The monoisotopic (exact) mass is 390 g/mol. The van der Waals surface area contributed by atoms with Gasteiger partial charge in [0.2, 0.25) is 5.91 Å². The van der Waals surface area contributed by atoms with E-state index in [1.54, 1.807) is 24.9 Å². The van der Waals surface area contributed by atoms with E-state index < -0.39 is 4.75 Å². The predicted octanol–water partition coefficient (Wildman–Crippen LogP) is 3.92. The molecule has 0 radical (unpaired) electrons. The first-order valence-corrected chi connectivity index (χ1v) is 8.66. The zero-order valence-electron chi connectivity index (χ0n) is 12.7. The molecule has 4 nitrogen and oxygen atoms in total. The van der Waals surface area contributed by atoms with Crippen LogP contribution in [0.2, 0.25) is 0 Å². The Bertz CT molecular complexity index is 796. The summed E-state index contributed by atoms with van der Waals surface area (Å²) >= 11 is 4.69. The van der Waals surface area contributed by atoms with E-state index >= 15 is 0 Å². The summed E-state index contributed by atoms with van der Waals surface area (Å²) < 4.78 is -0.433. The fourth-order valence-corrected chi connectivity index (χ4v) is 4.11. The highest BCUT2D eigenvalue weighted by Crippen LogP contribution is 2.45. The van der Waals surface area contributed by atoms with Gasteiger partial charge >= 0.3 is 0 Å². The number of rotatable bonds is 2. The van der Waals surface area contributed by atoms with Crippen LogP contribution in [-0.4, -0.2) is 23.6 Å². The molecule has 0 aliphatic carbocycles. The SMILES string of the molecule is CN1C(=O)C(C)(C(=O)Nc2ccccc2Br)Sc2ccccc21. The third kappa shape index (κ3) is 2.77. The predicted molar refractivity (Wildman–Crippen MR) is 96.9 cm³/mol. The number of carbonyl (C=O) groups excluding carboxylic acids is 2. The number of nitrogens with one attached hydrogen (secondary N) is 1. The van der Waals surface area contributed by atoms with Crippen molar-refractivity contribution in [2.75, 3.05) is 17.3 Å². The van der Waals surface area contributed by atoms with E-state index in [1.165, 1.54) is 11.8 Å². The Morgan fingerprint density at radius 1 is 1.17 bits per heavy atom. The molecule has 0 saturated carbocycles. The number of anilines is 2. The molecule has 0 spiro atoms. The van der Waals surface area contributed by atoms with E-state index in [-0.39, 0.29) is 11.8 Å². The van der Waals surface area contributed by atoms with E-state index in [4.69, 9.17) is 0 Å². The number of para-hydroxylation sites is 2. The minimum Gasteiger partial charge on any atom is -0.323 e. The summed E-state index contributed by atoms with van der Waals surface area (Å²) in [5.74, 6) is -0.563. The molecular weight excluding hydrogens is 376 g/mol. The lowest BCUT2D eigenvalue weighted by Gasteiger charge is -2.37. The molecule has 1 aliphatic heterocycles. The molecule has 0 fully saturated rings. The van der Waals surface area contributed by atoms with Gasteiger partial charge in [0.1, 0.15) is 0 Å². The van der Waals surface area contributed by atoms with Gasteiger partial charge in [0, 0.05) is 16.4 Å². The molecule has 1 atom stereocenters. The molecular formula is C17H15BrN2O2S. The van der Waals surface area contributed by atoms with Gasteiger partial charge in [-0.25, -0.2) is 0 Å². The minimum atomic E-state index is -1.21. The van der Waals surface area contributed by atoms with Crippen molar-refractivity contribution < 1.29 is 9.59 Å². The zero-order chi connectivity index (χ0) is 16.6. The molecule has 0 saturated heterocycles. The Hall–Kier alpha value is -1.79. The second kappa shape index (κ2) is 6.02. The van der Waals surface area contributed by atoms with Crippen LogP contribution in [0.15, 0.2) is 57.9 Å².